The van der Waals surface area contributed by atoms with Crippen molar-refractivity contribution in [2.45, 2.75) is 13.5 Å². The van der Waals surface area contributed by atoms with Crippen LogP contribution in [0.3, 0.4) is 0 Å². The third-order valence-electron chi connectivity index (χ3n) is 1.61. The summed E-state index contributed by atoms with van der Waals surface area (Å²) in [5, 5.41) is 12.6. The Hall–Kier alpha value is -0.250. The van der Waals surface area contributed by atoms with Gasteiger partial charge in [0.15, 0.2) is 0 Å². The standard InChI is InChI=1S/C9H12BrNO.ClH/c1-2-11-6-7-5-8(10)3-4-9(7)12;/h3-5,11-12H,2,6H2,1H3;1H. The summed E-state index contributed by atoms with van der Waals surface area (Å²) in [6, 6.07) is 5.43. The molecule has 0 aromatic heterocycles. The maximum absolute atomic E-state index is 9.40. The molecule has 0 unspecified atom stereocenters. The maximum Gasteiger partial charge on any atom is 0.120 e. The molecular formula is C9H13BrClNO. The van der Waals surface area contributed by atoms with Crippen LogP contribution in [0.4, 0.5) is 0 Å². The Bertz CT molecular complexity index is 268. The van der Waals surface area contributed by atoms with E-state index in [-0.39, 0.29) is 12.4 Å². The van der Waals surface area contributed by atoms with Crippen LogP contribution in [0, 0.1) is 0 Å². The molecular weight excluding hydrogens is 253 g/mol. The number of phenolic OH excluding ortho intramolecular Hbond substituents is 1. The molecule has 1 rings (SSSR count). The van der Waals surface area contributed by atoms with Gasteiger partial charge in [-0.2, -0.15) is 0 Å². The molecule has 4 heteroatoms. The van der Waals surface area contributed by atoms with Crippen molar-refractivity contribution in [2.24, 2.45) is 0 Å². The molecule has 0 bridgehead atoms. The minimum atomic E-state index is 0. The molecule has 0 aliphatic rings. The number of hydrogen-bond acceptors (Lipinski definition) is 2. The number of benzene rings is 1. The molecule has 74 valence electrons. The first-order valence-electron chi connectivity index (χ1n) is 3.92. The number of nitrogens with one attached hydrogen (secondary N) is 1. The molecule has 2 nitrogen and oxygen atoms in total. The van der Waals surface area contributed by atoms with E-state index in [2.05, 4.69) is 21.2 Å². The van der Waals surface area contributed by atoms with Gasteiger partial charge in [0, 0.05) is 16.6 Å². The van der Waals surface area contributed by atoms with Crippen molar-refractivity contribution < 1.29 is 5.11 Å². The van der Waals surface area contributed by atoms with Crippen LogP contribution in [-0.4, -0.2) is 11.7 Å². The van der Waals surface area contributed by atoms with Crippen molar-refractivity contribution in [1.29, 1.82) is 0 Å². The Morgan fingerprint density at radius 3 is 2.77 bits per heavy atom. The molecule has 2 N–H and O–H groups in total. The van der Waals surface area contributed by atoms with E-state index in [1.165, 1.54) is 0 Å². The van der Waals surface area contributed by atoms with Crippen molar-refractivity contribution in [2.75, 3.05) is 6.54 Å². The van der Waals surface area contributed by atoms with E-state index in [9.17, 15) is 5.11 Å². The van der Waals surface area contributed by atoms with Crippen molar-refractivity contribution in [1.82, 2.24) is 5.32 Å². The van der Waals surface area contributed by atoms with Crippen LogP contribution >= 0.6 is 28.3 Å². The molecule has 1 aromatic rings. The summed E-state index contributed by atoms with van der Waals surface area (Å²) in [6.45, 7) is 3.66. The number of aromatic hydroxyl groups is 1. The van der Waals surface area contributed by atoms with E-state index in [0.717, 1.165) is 16.6 Å². The SMILES string of the molecule is CCNCc1cc(Br)ccc1O.Cl. The van der Waals surface area contributed by atoms with E-state index < -0.39 is 0 Å². The zero-order valence-corrected chi connectivity index (χ0v) is 9.78. The van der Waals surface area contributed by atoms with Crippen LogP contribution < -0.4 is 5.32 Å². The number of rotatable bonds is 3. The fourth-order valence-corrected chi connectivity index (χ4v) is 1.36. The molecule has 0 atom stereocenters. The average molecular weight is 267 g/mol. The van der Waals surface area contributed by atoms with Crippen molar-refractivity contribution in [3.05, 3.63) is 28.2 Å². The third kappa shape index (κ3) is 3.98. The molecule has 0 amide bonds. The highest BCUT2D eigenvalue weighted by atomic mass is 79.9. The lowest BCUT2D eigenvalue weighted by molar-refractivity contribution is 0.465. The van der Waals surface area contributed by atoms with Crippen molar-refractivity contribution >= 4 is 28.3 Å². The van der Waals surface area contributed by atoms with Gasteiger partial charge in [-0.1, -0.05) is 22.9 Å². The lowest BCUT2D eigenvalue weighted by Crippen LogP contribution is -2.11. The summed E-state index contributed by atoms with van der Waals surface area (Å²) in [5.41, 5.74) is 0.922. The van der Waals surface area contributed by atoms with Gasteiger partial charge in [0.2, 0.25) is 0 Å². The van der Waals surface area contributed by atoms with Crippen LogP contribution in [0.25, 0.3) is 0 Å². The molecule has 0 fully saturated rings. The van der Waals surface area contributed by atoms with Crippen LogP contribution in [-0.2, 0) is 6.54 Å². The highest BCUT2D eigenvalue weighted by Crippen LogP contribution is 2.21. The topological polar surface area (TPSA) is 32.3 Å². The van der Waals surface area contributed by atoms with E-state index in [1.807, 2.05) is 19.1 Å². The Kier molecular flexibility index (Phi) is 6.12. The lowest BCUT2D eigenvalue weighted by atomic mass is 10.2. The summed E-state index contributed by atoms with van der Waals surface area (Å²) in [7, 11) is 0. The van der Waals surface area contributed by atoms with Gasteiger partial charge < -0.3 is 10.4 Å². The molecule has 0 heterocycles. The smallest absolute Gasteiger partial charge is 0.120 e. The lowest BCUT2D eigenvalue weighted by Gasteiger charge is -2.04. The monoisotopic (exact) mass is 265 g/mol. The van der Waals surface area contributed by atoms with Crippen LogP contribution in [0.1, 0.15) is 12.5 Å². The fourth-order valence-electron chi connectivity index (χ4n) is 0.955. The van der Waals surface area contributed by atoms with Crippen molar-refractivity contribution in [3.63, 3.8) is 0 Å². The quantitative estimate of drug-likeness (QED) is 0.882. The fraction of sp³-hybridized carbons (Fsp3) is 0.333. The van der Waals surface area contributed by atoms with Gasteiger partial charge in [-0.25, -0.2) is 0 Å². The van der Waals surface area contributed by atoms with E-state index >= 15 is 0 Å². The van der Waals surface area contributed by atoms with Crippen LogP contribution in [0.5, 0.6) is 5.75 Å². The van der Waals surface area contributed by atoms with Gasteiger partial charge >= 0.3 is 0 Å². The second-order valence-corrected chi connectivity index (χ2v) is 3.47. The van der Waals surface area contributed by atoms with Gasteiger partial charge in [-0.05, 0) is 24.7 Å². The van der Waals surface area contributed by atoms with Gasteiger partial charge in [0.05, 0.1) is 0 Å². The largest absolute Gasteiger partial charge is 0.508 e. The normalized spacial score (nSPS) is 9.38. The van der Waals surface area contributed by atoms with Gasteiger partial charge in [0.1, 0.15) is 5.75 Å². The number of halogens is 2. The molecule has 1 aromatic carbocycles. The first-order valence-corrected chi connectivity index (χ1v) is 4.71. The predicted molar refractivity (Wildman–Crippen MR) is 60.4 cm³/mol. The molecule has 0 radical (unpaired) electrons. The van der Waals surface area contributed by atoms with Gasteiger partial charge in [-0.15, -0.1) is 12.4 Å². The molecule has 0 spiro atoms. The minimum Gasteiger partial charge on any atom is -0.508 e. The van der Waals surface area contributed by atoms with E-state index in [1.54, 1.807) is 6.07 Å². The Balaban J connectivity index is 0.00000144. The van der Waals surface area contributed by atoms with Crippen LogP contribution in [0.15, 0.2) is 22.7 Å². The zero-order chi connectivity index (χ0) is 8.97. The summed E-state index contributed by atoms with van der Waals surface area (Å²) in [6.07, 6.45) is 0. The summed E-state index contributed by atoms with van der Waals surface area (Å²) in [5.74, 6) is 0.346. The average Bonchev–Trinajstić information content (AvgIpc) is 2.07. The first kappa shape index (κ1) is 12.8. The molecule has 0 aliphatic carbocycles. The van der Waals surface area contributed by atoms with E-state index in [0.29, 0.717) is 12.3 Å². The second-order valence-electron chi connectivity index (χ2n) is 2.55. The Morgan fingerprint density at radius 1 is 1.46 bits per heavy atom. The number of phenols is 1. The highest BCUT2D eigenvalue weighted by Gasteiger charge is 1.99. The van der Waals surface area contributed by atoms with Gasteiger partial charge in [0.25, 0.3) is 0 Å². The van der Waals surface area contributed by atoms with E-state index in [4.69, 9.17) is 0 Å². The predicted octanol–water partition coefficient (Wildman–Crippen LogP) is 2.69. The molecule has 13 heavy (non-hydrogen) atoms. The molecule has 0 aliphatic heterocycles. The zero-order valence-electron chi connectivity index (χ0n) is 7.38. The third-order valence-corrected chi connectivity index (χ3v) is 2.10. The van der Waals surface area contributed by atoms with Crippen LogP contribution in [0.2, 0.25) is 0 Å². The Morgan fingerprint density at radius 2 is 2.15 bits per heavy atom. The minimum absolute atomic E-state index is 0. The molecule has 0 saturated heterocycles. The summed E-state index contributed by atoms with van der Waals surface area (Å²) < 4.78 is 0.994. The molecule has 0 saturated carbocycles. The summed E-state index contributed by atoms with van der Waals surface area (Å²) in [4.78, 5) is 0. The summed E-state index contributed by atoms with van der Waals surface area (Å²) >= 11 is 3.35. The first-order chi connectivity index (χ1) is 5.74. The maximum atomic E-state index is 9.40. The Labute approximate surface area is 92.9 Å². The van der Waals surface area contributed by atoms with Gasteiger partial charge in [-0.3, -0.25) is 0 Å². The second kappa shape index (κ2) is 6.24. The number of hydrogen-bond donors (Lipinski definition) is 2. The van der Waals surface area contributed by atoms with Crippen molar-refractivity contribution in [3.8, 4) is 5.75 Å². The highest BCUT2D eigenvalue weighted by molar-refractivity contribution is 9.10.